The van der Waals surface area contributed by atoms with E-state index < -0.39 is 0 Å². The Morgan fingerprint density at radius 1 is 0.950 bits per heavy atom. The van der Waals surface area contributed by atoms with Gasteiger partial charge in [0.15, 0.2) is 0 Å². The molecule has 0 N–H and O–H groups in total. The molecule has 1 atom stereocenters. The molecule has 2 aliphatic heterocycles. The number of hydrogen-bond donors (Lipinski definition) is 0. The van der Waals surface area contributed by atoms with E-state index in [1.54, 1.807) is 0 Å². The van der Waals surface area contributed by atoms with Gasteiger partial charge in [-0.2, -0.15) is 0 Å². The Morgan fingerprint density at radius 2 is 1.80 bits per heavy atom. The molecule has 2 saturated heterocycles. The first-order chi connectivity index (χ1) is 9.92. The molecule has 2 heterocycles. The van der Waals surface area contributed by atoms with Gasteiger partial charge < -0.3 is 9.64 Å². The maximum Gasteiger partial charge on any atom is 0.0593 e. The fourth-order valence-corrected chi connectivity index (χ4v) is 3.34. The molecule has 1 aromatic rings. The van der Waals surface area contributed by atoms with Crippen molar-refractivity contribution in [3.8, 4) is 0 Å². The van der Waals surface area contributed by atoms with Crippen molar-refractivity contribution in [2.45, 2.75) is 18.8 Å². The molecule has 0 spiro atoms. The average molecular weight is 274 g/mol. The number of likely N-dealkylation sites (tertiary alicyclic amines) is 1. The van der Waals surface area contributed by atoms with Crippen LogP contribution in [0.2, 0.25) is 0 Å². The van der Waals surface area contributed by atoms with Gasteiger partial charge in [0, 0.05) is 39.3 Å². The standard InChI is InChI=1S/C17H26N2O/c1-2-5-16(6-3-1)17-7-9-19(15-17)11-10-18-8-4-13-20-14-12-18/h1-3,5-6,17H,4,7-15H2. The molecular formula is C17H26N2O. The number of benzene rings is 1. The van der Waals surface area contributed by atoms with Gasteiger partial charge in [0.05, 0.1) is 6.61 Å². The van der Waals surface area contributed by atoms with E-state index in [9.17, 15) is 0 Å². The van der Waals surface area contributed by atoms with Crippen molar-refractivity contribution in [1.82, 2.24) is 9.80 Å². The summed E-state index contributed by atoms with van der Waals surface area (Å²) >= 11 is 0. The molecule has 0 aliphatic carbocycles. The highest BCUT2D eigenvalue weighted by molar-refractivity contribution is 5.20. The summed E-state index contributed by atoms with van der Waals surface area (Å²) in [6, 6.07) is 11.0. The molecule has 1 aromatic carbocycles. The van der Waals surface area contributed by atoms with Crippen LogP contribution in [0.25, 0.3) is 0 Å². The van der Waals surface area contributed by atoms with Crippen molar-refractivity contribution in [1.29, 1.82) is 0 Å². The summed E-state index contributed by atoms with van der Waals surface area (Å²) in [6.07, 6.45) is 2.50. The molecule has 0 amide bonds. The van der Waals surface area contributed by atoms with Crippen molar-refractivity contribution in [2.24, 2.45) is 0 Å². The van der Waals surface area contributed by atoms with Crippen molar-refractivity contribution in [3.05, 3.63) is 35.9 Å². The highest BCUT2D eigenvalue weighted by atomic mass is 16.5. The Hall–Kier alpha value is -0.900. The van der Waals surface area contributed by atoms with Crippen LogP contribution in [0.5, 0.6) is 0 Å². The minimum absolute atomic E-state index is 0.740. The first-order valence-electron chi connectivity index (χ1n) is 7.99. The van der Waals surface area contributed by atoms with Gasteiger partial charge in [-0.15, -0.1) is 0 Å². The molecule has 0 saturated carbocycles. The van der Waals surface area contributed by atoms with Crippen LogP contribution in [-0.2, 0) is 4.74 Å². The van der Waals surface area contributed by atoms with E-state index in [1.807, 2.05) is 0 Å². The predicted molar refractivity (Wildman–Crippen MR) is 82.1 cm³/mol. The first-order valence-corrected chi connectivity index (χ1v) is 7.99. The largest absolute Gasteiger partial charge is 0.380 e. The molecular weight excluding hydrogens is 248 g/mol. The van der Waals surface area contributed by atoms with Gasteiger partial charge in [-0.3, -0.25) is 4.90 Å². The van der Waals surface area contributed by atoms with Gasteiger partial charge in [-0.25, -0.2) is 0 Å². The number of ether oxygens (including phenoxy) is 1. The second-order valence-electron chi connectivity index (χ2n) is 6.00. The third-order valence-electron chi connectivity index (χ3n) is 4.59. The highest BCUT2D eigenvalue weighted by Gasteiger charge is 2.23. The van der Waals surface area contributed by atoms with E-state index in [0.717, 1.165) is 25.7 Å². The molecule has 0 bridgehead atoms. The van der Waals surface area contributed by atoms with E-state index in [4.69, 9.17) is 4.74 Å². The van der Waals surface area contributed by atoms with Crippen LogP contribution in [0.4, 0.5) is 0 Å². The van der Waals surface area contributed by atoms with Gasteiger partial charge in [0.1, 0.15) is 0 Å². The van der Waals surface area contributed by atoms with Gasteiger partial charge in [0.25, 0.3) is 0 Å². The fraction of sp³-hybridized carbons (Fsp3) is 0.647. The van der Waals surface area contributed by atoms with Gasteiger partial charge in [-0.1, -0.05) is 30.3 Å². The minimum Gasteiger partial charge on any atom is -0.380 e. The lowest BCUT2D eigenvalue weighted by Crippen LogP contribution is -2.35. The second kappa shape index (κ2) is 7.21. The Kier molecular flexibility index (Phi) is 5.06. The molecule has 1 unspecified atom stereocenters. The highest BCUT2D eigenvalue weighted by Crippen LogP contribution is 2.26. The van der Waals surface area contributed by atoms with Crippen LogP contribution < -0.4 is 0 Å². The van der Waals surface area contributed by atoms with Crippen LogP contribution in [0.3, 0.4) is 0 Å². The minimum atomic E-state index is 0.740. The molecule has 3 heteroatoms. The van der Waals surface area contributed by atoms with Gasteiger partial charge in [0.2, 0.25) is 0 Å². The van der Waals surface area contributed by atoms with Crippen LogP contribution in [-0.4, -0.2) is 62.3 Å². The van der Waals surface area contributed by atoms with E-state index in [-0.39, 0.29) is 0 Å². The quantitative estimate of drug-likeness (QED) is 0.837. The summed E-state index contributed by atoms with van der Waals surface area (Å²) in [6.45, 7) is 9.06. The fourth-order valence-electron chi connectivity index (χ4n) is 3.34. The second-order valence-corrected chi connectivity index (χ2v) is 6.00. The predicted octanol–water partition coefficient (Wildman–Crippen LogP) is 2.20. The van der Waals surface area contributed by atoms with Crippen molar-refractivity contribution >= 4 is 0 Å². The maximum atomic E-state index is 5.52. The SMILES string of the molecule is c1ccc(C2CCN(CCN3CCCOCC3)C2)cc1. The molecule has 0 aromatic heterocycles. The number of rotatable bonds is 4. The zero-order valence-corrected chi connectivity index (χ0v) is 12.3. The monoisotopic (exact) mass is 274 g/mol. The molecule has 2 aliphatic rings. The summed E-state index contributed by atoms with van der Waals surface area (Å²) in [5.41, 5.74) is 1.51. The zero-order chi connectivity index (χ0) is 13.6. The van der Waals surface area contributed by atoms with Crippen LogP contribution in [0, 0.1) is 0 Å². The molecule has 3 nitrogen and oxygen atoms in total. The van der Waals surface area contributed by atoms with Crippen LogP contribution >= 0.6 is 0 Å². The smallest absolute Gasteiger partial charge is 0.0593 e. The summed E-state index contributed by atoms with van der Waals surface area (Å²) in [5.74, 6) is 0.740. The summed E-state index contributed by atoms with van der Waals surface area (Å²) in [5, 5.41) is 0. The normalized spacial score (nSPS) is 25.7. The van der Waals surface area contributed by atoms with E-state index >= 15 is 0 Å². The third kappa shape index (κ3) is 3.81. The molecule has 3 rings (SSSR count). The van der Waals surface area contributed by atoms with Crippen molar-refractivity contribution in [3.63, 3.8) is 0 Å². The van der Waals surface area contributed by atoms with Gasteiger partial charge >= 0.3 is 0 Å². The van der Waals surface area contributed by atoms with Gasteiger partial charge in [-0.05, 0) is 30.9 Å². The summed E-state index contributed by atoms with van der Waals surface area (Å²) in [4.78, 5) is 5.19. The first kappa shape index (κ1) is 14.1. The van der Waals surface area contributed by atoms with Crippen LogP contribution in [0.15, 0.2) is 30.3 Å². The lowest BCUT2D eigenvalue weighted by Gasteiger charge is -2.23. The Morgan fingerprint density at radius 3 is 2.70 bits per heavy atom. The Labute approximate surface area is 122 Å². The third-order valence-corrected chi connectivity index (χ3v) is 4.59. The summed E-state index contributed by atoms with van der Waals surface area (Å²) < 4.78 is 5.52. The zero-order valence-electron chi connectivity index (χ0n) is 12.3. The number of nitrogens with zero attached hydrogens (tertiary/aromatic N) is 2. The molecule has 20 heavy (non-hydrogen) atoms. The van der Waals surface area contributed by atoms with Crippen molar-refractivity contribution < 1.29 is 4.74 Å². The Bertz CT molecular complexity index is 387. The Balaban J connectivity index is 1.43. The van der Waals surface area contributed by atoms with E-state index in [1.165, 1.54) is 51.1 Å². The van der Waals surface area contributed by atoms with Crippen molar-refractivity contribution in [2.75, 3.05) is 52.5 Å². The van der Waals surface area contributed by atoms with E-state index in [0.29, 0.717) is 0 Å². The maximum absolute atomic E-state index is 5.52. The molecule has 110 valence electrons. The average Bonchev–Trinajstić information content (AvgIpc) is 2.82. The topological polar surface area (TPSA) is 15.7 Å². The number of hydrogen-bond acceptors (Lipinski definition) is 3. The lowest BCUT2D eigenvalue weighted by atomic mass is 9.99. The van der Waals surface area contributed by atoms with E-state index in [2.05, 4.69) is 40.1 Å². The van der Waals surface area contributed by atoms with Crippen LogP contribution in [0.1, 0.15) is 24.3 Å². The molecule has 0 radical (unpaired) electrons. The lowest BCUT2D eigenvalue weighted by molar-refractivity contribution is 0.139. The summed E-state index contributed by atoms with van der Waals surface area (Å²) in [7, 11) is 0. The molecule has 2 fully saturated rings.